The van der Waals surface area contributed by atoms with Crippen LogP contribution in [0.25, 0.3) is 17.1 Å². The minimum Gasteiger partial charge on any atom is -0.299 e. The first-order chi connectivity index (χ1) is 12.7. The van der Waals surface area contributed by atoms with Crippen molar-refractivity contribution < 1.29 is 4.79 Å². The van der Waals surface area contributed by atoms with E-state index in [-0.39, 0.29) is 23.5 Å². The quantitative estimate of drug-likeness (QED) is 0.619. The third-order valence-corrected chi connectivity index (χ3v) is 4.75. The van der Waals surface area contributed by atoms with E-state index in [0.29, 0.717) is 12.5 Å². The summed E-state index contributed by atoms with van der Waals surface area (Å²) in [5.41, 5.74) is 2.11. The van der Waals surface area contributed by atoms with E-state index >= 15 is 0 Å². The lowest BCUT2D eigenvalue weighted by molar-refractivity contribution is -0.117. The maximum absolute atomic E-state index is 13.0. The molecule has 0 saturated heterocycles. The molecule has 0 aromatic carbocycles. The summed E-state index contributed by atoms with van der Waals surface area (Å²) in [6.45, 7) is 10.9. The van der Waals surface area contributed by atoms with Crippen LogP contribution in [0.5, 0.6) is 0 Å². The zero-order valence-electron chi connectivity index (χ0n) is 16.1. The first-order valence-electron chi connectivity index (χ1n) is 8.52. The molecule has 3 rings (SSSR count). The molecule has 9 heteroatoms. The number of hydrogen-bond donors (Lipinski definition) is 0. The maximum Gasteiger partial charge on any atom is 0.332 e. The fourth-order valence-electron chi connectivity index (χ4n) is 3.10. The summed E-state index contributed by atoms with van der Waals surface area (Å²) in [6, 6.07) is 0. The molecule has 0 radical (unpaired) electrons. The summed E-state index contributed by atoms with van der Waals surface area (Å²) in [7, 11) is 1.53. The molecule has 0 aliphatic carbocycles. The van der Waals surface area contributed by atoms with E-state index in [2.05, 4.69) is 16.7 Å². The fraction of sp³-hybridized carbons (Fsp3) is 0.389. The van der Waals surface area contributed by atoms with Gasteiger partial charge in [0.2, 0.25) is 5.95 Å². The number of imidazole rings is 1. The third kappa shape index (κ3) is 2.75. The molecule has 0 unspecified atom stereocenters. The van der Waals surface area contributed by atoms with Gasteiger partial charge in [0.1, 0.15) is 5.78 Å². The fourth-order valence-corrected chi connectivity index (χ4v) is 3.10. The largest absolute Gasteiger partial charge is 0.332 e. The van der Waals surface area contributed by atoms with E-state index in [1.54, 1.807) is 15.3 Å². The van der Waals surface area contributed by atoms with E-state index in [4.69, 9.17) is 0 Å². The van der Waals surface area contributed by atoms with Crippen LogP contribution in [0, 0.1) is 20.8 Å². The molecule has 9 nitrogen and oxygen atoms in total. The van der Waals surface area contributed by atoms with Crippen LogP contribution in [0.3, 0.4) is 0 Å². The van der Waals surface area contributed by atoms with Crippen molar-refractivity contribution >= 4 is 16.9 Å². The molecule has 3 aromatic rings. The smallest absolute Gasteiger partial charge is 0.299 e. The normalized spacial score (nSPS) is 11.3. The number of aryl methyl sites for hydroxylation is 2. The Balaban J connectivity index is 2.47. The molecule has 0 saturated carbocycles. The van der Waals surface area contributed by atoms with Crippen molar-refractivity contribution in [1.82, 2.24) is 28.5 Å². The van der Waals surface area contributed by atoms with Gasteiger partial charge in [0.05, 0.1) is 12.2 Å². The van der Waals surface area contributed by atoms with E-state index in [1.807, 2.05) is 20.8 Å². The monoisotopic (exact) mass is 370 g/mol. The van der Waals surface area contributed by atoms with Crippen LogP contribution in [0.1, 0.15) is 23.9 Å². The van der Waals surface area contributed by atoms with E-state index in [1.165, 1.54) is 18.5 Å². The maximum atomic E-state index is 13.0. The third-order valence-electron chi connectivity index (χ3n) is 4.75. The predicted molar refractivity (Wildman–Crippen MR) is 101 cm³/mol. The molecule has 0 fully saturated rings. The van der Waals surface area contributed by atoms with Crippen molar-refractivity contribution in [2.45, 2.75) is 40.8 Å². The number of Topliss-reactive ketones (excluding diaryl/α,β-unsaturated/α-hetero) is 1. The van der Waals surface area contributed by atoms with Crippen LogP contribution in [-0.2, 0) is 24.9 Å². The molecule has 27 heavy (non-hydrogen) atoms. The number of carbonyl (C=O) groups excluding carboxylic acids is 1. The summed E-state index contributed by atoms with van der Waals surface area (Å²) >= 11 is 0. The second kappa shape index (κ2) is 6.49. The highest BCUT2D eigenvalue weighted by Crippen LogP contribution is 2.19. The van der Waals surface area contributed by atoms with Gasteiger partial charge < -0.3 is 0 Å². The van der Waals surface area contributed by atoms with Gasteiger partial charge in [-0.3, -0.25) is 23.3 Å². The lowest BCUT2D eigenvalue weighted by Gasteiger charge is -2.09. The number of carbonyl (C=O) groups is 1. The standard InChI is InChI=1S/C18H22N6O3/c1-7-8-22-14-15(19-17(22)24-13(5)11(3)12(4)20-24)21(6)18(27)23(16(14)26)9-10(2)25/h7H,1,8-9H2,2-6H3. The molecule has 0 aliphatic rings. The molecule has 0 N–H and O–H groups in total. The van der Waals surface area contributed by atoms with Gasteiger partial charge in [-0.25, -0.2) is 9.48 Å². The summed E-state index contributed by atoms with van der Waals surface area (Å²) in [5, 5.41) is 4.52. The number of rotatable bonds is 5. The number of nitrogens with zero attached hydrogens (tertiary/aromatic N) is 6. The Morgan fingerprint density at radius 3 is 2.37 bits per heavy atom. The van der Waals surface area contributed by atoms with E-state index in [0.717, 1.165) is 21.5 Å². The van der Waals surface area contributed by atoms with E-state index < -0.39 is 11.2 Å². The molecular formula is C18H22N6O3. The lowest BCUT2D eigenvalue weighted by Crippen LogP contribution is -2.41. The van der Waals surface area contributed by atoms with Gasteiger partial charge in [-0.05, 0) is 33.3 Å². The number of aromatic nitrogens is 6. The summed E-state index contributed by atoms with van der Waals surface area (Å²) < 4.78 is 5.54. The van der Waals surface area contributed by atoms with Gasteiger partial charge in [0, 0.05) is 19.3 Å². The van der Waals surface area contributed by atoms with Crippen molar-refractivity contribution in [3.8, 4) is 5.95 Å². The molecule has 3 aromatic heterocycles. The van der Waals surface area contributed by atoms with Gasteiger partial charge >= 0.3 is 5.69 Å². The summed E-state index contributed by atoms with van der Waals surface area (Å²) in [4.78, 5) is 41.6. The summed E-state index contributed by atoms with van der Waals surface area (Å²) in [5.74, 6) is 0.143. The minimum absolute atomic E-state index is 0.235. The lowest BCUT2D eigenvalue weighted by atomic mass is 10.2. The van der Waals surface area contributed by atoms with Crippen molar-refractivity contribution in [3.63, 3.8) is 0 Å². The van der Waals surface area contributed by atoms with Crippen LogP contribution in [0.15, 0.2) is 22.2 Å². The Morgan fingerprint density at radius 2 is 1.85 bits per heavy atom. The zero-order chi connectivity index (χ0) is 20.0. The van der Waals surface area contributed by atoms with Gasteiger partial charge in [-0.2, -0.15) is 10.1 Å². The van der Waals surface area contributed by atoms with Crippen molar-refractivity contribution in [2.75, 3.05) is 0 Å². The molecular weight excluding hydrogens is 348 g/mol. The molecule has 0 amide bonds. The molecule has 0 spiro atoms. The van der Waals surface area contributed by atoms with Crippen LogP contribution in [0.4, 0.5) is 0 Å². The molecule has 0 atom stereocenters. The molecule has 0 aliphatic heterocycles. The van der Waals surface area contributed by atoms with Crippen molar-refractivity contribution in [3.05, 3.63) is 50.4 Å². The highest BCUT2D eigenvalue weighted by Gasteiger charge is 2.23. The van der Waals surface area contributed by atoms with Crippen LogP contribution >= 0.6 is 0 Å². The second-order valence-corrected chi connectivity index (χ2v) is 6.63. The van der Waals surface area contributed by atoms with Crippen LogP contribution in [-0.4, -0.2) is 34.2 Å². The number of ketones is 1. The Kier molecular flexibility index (Phi) is 4.46. The van der Waals surface area contributed by atoms with Gasteiger partial charge in [-0.1, -0.05) is 6.08 Å². The SMILES string of the molecule is C=CCn1c(-n2nc(C)c(C)c2C)nc2c1c(=O)n(CC(C)=O)c(=O)n2C. The predicted octanol–water partition coefficient (Wildman–Crippen LogP) is 0.783. The average molecular weight is 370 g/mol. The van der Waals surface area contributed by atoms with E-state index in [9.17, 15) is 14.4 Å². The minimum atomic E-state index is -0.581. The van der Waals surface area contributed by atoms with Crippen molar-refractivity contribution in [2.24, 2.45) is 7.05 Å². The highest BCUT2D eigenvalue weighted by molar-refractivity contribution is 5.76. The van der Waals surface area contributed by atoms with Gasteiger partial charge in [0.15, 0.2) is 11.2 Å². The first-order valence-corrected chi connectivity index (χ1v) is 8.52. The zero-order valence-corrected chi connectivity index (χ0v) is 16.1. The molecule has 0 bridgehead atoms. The Bertz CT molecular complexity index is 1200. The number of fused-ring (bicyclic) bond motifs is 1. The number of hydrogen-bond acceptors (Lipinski definition) is 5. The van der Waals surface area contributed by atoms with Gasteiger partial charge in [0.25, 0.3) is 5.56 Å². The highest BCUT2D eigenvalue weighted by atomic mass is 16.2. The number of allylic oxidation sites excluding steroid dienone is 1. The Labute approximate surface area is 155 Å². The molecule has 142 valence electrons. The summed E-state index contributed by atoms with van der Waals surface area (Å²) in [6.07, 6.45) is 1.64. The Hall–Kier alpha value is -3.23. The second-order valence-electron chi connectivity index (χ2n) is 6.63. The van der Waals surface area contributed by atoms with Crippen molar-refractivity contribution in [1.29, 1.82) is 0 Å². The average Bonchev–Trinajstić information content (AvgIpc) is 3.10. The van der Waals surface area contributed by atoms with Crippen LogP contribution in [0.2, 0.25) is 0 Å². The first kappa shape index (κ1) is 18.6. The van der Waals surface area contributed by atoms with Gasteiger partial charge in [-0.15, -0.1) is 6.58 Å². The molecule has 3 heterocycles. The topological polar surface area (TPSA) is 96.7 Å². The van der Waals surface area contributed by atoms with Crippen LogP contribution < -0.4 is 11.2 Å². The Morgan fingerprint density at radius 1 is 1.19 bits per heavy atom.